The van der Waals surface area contributed by atoms with Crippen molar-refractivity contribution in [3.05, 3.63) is 33.5 Å². The third kappa shape index (κ3) is 2.96. The lowest BCUT2D eigenvalue weighted by molar-refractivity contribution is 0.390. The van der Waals surface area contributed by atoms with Crippen molar-refractivity contribution in [1.29, 1.82) is 0 Å². The fourth-order valence-electron chi connectivity index (χ4n) is 1.95. The fraction of sp³-hybridized carbons (Fsp3) is 0.385. The molecule has 0 bridgehead atoms. The van der Waals surface area contributed by atoms with Gasteiger partial charge in [-0.3, -0.25) is 0 Å². The zero-order chi connectivity index (χ0) is 14.2. The molecule has 0 aliphatic carbocycles. The van der Waals surface area contributed by atoms with Gasteiger partial charge >= 0.3 is 0 Å². The van der Waals surface area contributed by atoms with E-state index in [0.717, 1.165) is 21.7 Å². The summed E-state index contributed by atoms with van der Waals surface area (Å²) in [7, 11) is 0. The first-order valence-corrected chi connectivity index (χ1v) is 7.51. The summed E-state index contributed by atoms with van der Waals surface area (Å²) in [4.78, 5) is 0. The van der Waals surface area contributed by atoms with E-state index in [9.17, 15) is 0 Å². The van der Waals surface area contributed by atoms with Crippen molar-refractivity contribution >= 4 is 39.1 Å². The molecule has 0 spiro atoms. The predicted molar refractivity (Wildman–Crippen MR) is 82.7 cm³/mol. The average molecular weight is 363 g/mol. The molecule has 0 aliphatic rings. The van der Waals surface area contributed by atoms with Crippen LogP contribution in [0.15, 0.2) is 22.7 Å². The molecule has 2 aromatic rings. The predicted octanol–water partition coefficient (Wildman–Crippen LogP) is 4.85. The zero-order valence-electron chi connectivity index (χ0n) is 10.9. The summed E-state index contributed by atoms with van der Waals surface area (Å²) in [5.41, 5.74) is 0.747. The Kier molecular flexibility index (Phi) is 4.23. The number of hydrogen-bond acceptors (Lipinski definition) is 2. The Hall–Kier alpha value is -0.580. The average Bonchev–Trinajstić information content (AvgIpc) is 2.75. The van der Waals surface area contributed by atoms with Crippen LogP contribution in [0.25, 0.3) is 11.4 Å². The molecule has 6 heteroatoms. The topological polar surface area (TPSA) is 30.7 Å². The summed E-state index contributed by atoms with van der Waals surface area (Å²) in [5.74, 6) is 1.83. The van der Waals surface area contributed by atoms with Gasteiger partial charge in [-0.1, -0.05) is 27.5 Å². The number of hydrogen-bond donors (Lipinski definition) is 0. The SMILES string of the molecule is CC(C)(C)n1c(CCl)nnc1-c1cc(Cl)ccc1Br. The lowest BCUT2D eigenvalue weighted by atomic mass is 10.1. The van der Waals surface area contributed by atoms with Crippen molar-refractivity contribution < 1.29 is 0 Å². The van der Waals surface area contributed by atoms with E-state index in [2.05, 4.69) is 46.9 Å². The molecule has 0 saturated heterocycles. The molecule has 0 atom stereocenters. The van der Waals surface area contributed by atoms with Gasteiger partial charge in [0.2, 0.25) is 0 Å². The summed E-state index contributed by atoms with van der Waals surface area (Å²) >= 11 is 15.5. The molecule has 1 heterocycles. The molecule has 19 heavy (non-hydrogen) atoms. The van der Waals surface area contributed by atoms with Crippen LogP contribution in [-0.4, -0.2) is 14.8 Å². The number of benzene rings is 1. The molecule has 0 aliphatic heterocycles. The Bertz CT molecular complexity index is 602. The van der Waals surface area contributed by atoms with Gasteiger partial charge in [-0.15, -0.1) is 21.8 Å². The maximum absolute atomic E-state index is 6.07. The third-order valence-electron chi connectivity index (χ3n) is 2.69. The van der Waals surface area contributed by atoms with E-state index in [4.69, 9.17) is 23.2 Å². The molecule has 0 N–H and O–H groups in total. The highest BCUT2D eigenvalue weighted by molar-refractivity contribution is 9.10. The van der Waals surface area contributed by atoms with Crippen LogP contribution in [0.5, 0.6) is 0 Å². The summed E-state index contributed by atoms with van der Waals surface area (Å²) in [6, 6.07) is 5.60. The number of nitrogens with zero attached hydrogens (tertiary/aromatic N) is 3. The molecule has 3 nitrogen and oxygen atoms in total. The second-order valence-corrected chi connectivity index (χ2v) is 6.76. The molecular formula is C13H14BrCl2N3. The smallest absolute Gasteiger partial charge is 0.165 e. The summed E-state index contributed by atoms with van der Waals surface area (Å²) in [6.45, 7) is 6.27. The Morgan fingerprint density at radius 1 is 1.26 bits per heavy atom. The molecule has 102 valence electrons. The van der Waals surface area contributed by atoms with Crippen molar-refractivity contribution in [2.75, 3.05) is 0 Å². The van der Waals surface area contributed by atoms with Gasteiger partial charge in [-0.2, -0.15) is 0 Å². The number of halogens is 3. The first kappa shape index (κ1) is 14.8. The van der Waals surface area contributed by atoms with Crippen molar-refractivity contribution in [3.63, 3.8) is 0 Å². The summed E-state index contributed by atoms with van der Waals surface area (Å²) in [5, 5.41) is 9.09. The van der Waals surface area contributed by atoms with Gasteiger partial charge in [-0.05, 0) is 39.0 Å². The number of alkyl halides is 1. The van der Waals surface area contributed by atoms with E-state index in [-0.39, 0.29) is 5.54 Å². The van der Waals surface area contributed by atoms with Crippen LogP contribution in [-0.2, 0) is 11.4 Å². The van der Waals surface area contributed by atoms with Crippen molar-refractivity contribution in [2.24, 2.45) is 0 Å². The van der Waals surface area contributed by atoms with Gasteiger partial charge in [-0.25, -0.2) is 0 Å². The van der Waals surface area contributed by atoms with Crippen LogP contribution in [0.1, 0.15) is 26.6 Å². The van der Waals surface area contributed by atoms with Crippen molar-refractivity contribution in [1.82, 2.24) is 14.8 Å². The Labute approximate surface area is 131 Å². The number of aromatic nitrogens is 3. The van der Waals surface area contributed by atoms with E-state index in [0.29, 0.717) is 10.9 Å². The van der Waals surface area contributed by atoms with Gasteiger partial charge in [0.15, 0.2) is 5.82 Å². The van der Waals surface area contributed by atoms with Gasteiger partial charge in [0.25, 0.3) is 0 Å². The minimum absolute atomic E-state index is 0.162. The van der Waals surface area contributed by atoms with Crippen LogP contribution in [0, 0.1) is 0 Å². The highest BCUT2D eigenvalue weighted by Gasteiger charge is 2.24. The Morgan fingerprint density at radius 3 is 2.53 bits per heavy atom. The van der Waals surface area contributed by atoms with E-state index < -0.39 is 0 Å². The van der Waals surface area contributed by atoms with Gasteiger partial charge < -0.3 is 4.57 Å². The van der Waals surface area contributed by atoms with Gasteiger partial charge in [0.1, 0.15) is 5.82 Å². The van der Waals surface area contributed by atoms with E-state index in [1.165, 1.54) is 0 Å². The minimum Gasteiger partial charge on any atom is -0.305 e. The Balaban J connectivity index is 2.69. The van der Waals surface area contributed by atoms with Crippen molar-refractivity contribution in [2.45, 2.75) is 32.2 Å². The first-order chi connectivity index (χ1) is 8.84. The van der Waals surface area contributed by atoms with Crippen LogP contribution in [0.4, 0.5) is 0 Å². The largest absolute Gasteiger partial charge is 0.305 e. The minimum atomic E-state index is -0.162. The highest BCUT2D eigenvalue weighted by Crippen LogP contribution is 2.33. The quantitative estimate of drug-likeness (QED) is 0.714. The number of rotatable bonds is 2. The second kappa shape index (κ2) is 5.43. The lowest BCUT2D eigenvalue weighted by Crippen LogP contribution is -2.24. The second-order valence-electron chi connectivity index (χ2n) is 5.20. The maximum atomic E-state index is 6.07. The van der Waals surface area contributed by atoms with Crippen LogP contribution >= 0.6 is 39.1 Å². The van der Waals surface area contributed by atoms with Crippen LogP contribution in [0.2, 0.25) is 5.02 Å². The molecule has 2 rings (SSSR count). The maximum Gasteiger partial charge on any atom is 0.165 e. The molecular weight excluding hydrogens is 349 g/mol. The standard InChI is InChI=1S/C13H14BrCl2N3/c1-13(2,3)19-11(7-15)17-18-12(19)9-6-8(16)4-5-10(9)14/h4-6H,7H2,1-3H3. The molecule has 0 saturated carbocycles. The lowest BCUT2D eigenvalue weighted by Gasteiger charge is -2.25. The molecule has 0 unspecified atom stereocenters. The third-order valence-corrected chi connectivity index (χ3v) is 3.86. The summed E-state index contributed by atoms with van der Waals surface area (Å²) < 4.78 is 2.96. The van der Waals surface area contributed by atoms with Crippen LogP contribution < -0.4 is 0 Å². The Morgan fingerprint density at radius 2 is 1.95 bits per heavy atom. The van der Waals surface area contributed by atoms with Crippen LogP contribution in [0.3, 0.4) is 0 Å². The van der Waals surface area contributed by atoms with E-state index in [1.54, 1.807) is 0 Å². The van der Waals surface area contributed by atoms with E-state index >= 15 is 0 Å². The first-order valence-electron chi connectivity index (χ1n) is 5.80. The monoisotopic (exact) mass is 361 g/mol. The van der Waals surface area contributed by atoms with Gasteiger partial charge in [0.05, 0.1) is 5.88 Å². The molecule has 1 aromatic carbocycles. The van der Waals surface area contributed by atoms with E-state index in [1.807, 2.05) is 22.8 Å². The fourth-order valence-corrected chi connectivity index (χ4v) is 2.72. The molecule has 0 amide bonds. The molecule has 0 radical (unpaired) electrons. The van der Waals surface area contributed by atoms with Gasteiger partial charge in [0, 0.05) is 20.6 Å². The van der Waals surface area contributed by atoms with Crippen molar-refractivity contribution in [3.8, 4) is 11.4 Å². The zero-order valence-corrected chi connectivity index (χ0v) is 14.0. The molecule has 0 fully saturated rings. The molecule has 1 aromatic heterocycles. The normalized spacial score (nSPS) is 11.9. The summed E-state index contributed by atoms with van der Waals surface area (Å²) in [6.07, 6.45) is 0. The highest BCUT2D eigenvalue weighted by atomic mass is 79.9.